The highest BCUT2D eigenvalue weighted by Crippen LogP contribution is 2.34. The van der Waals surface area contributed by atoms with Gasteiger partial charge in [0.2, 0.25) is 5.91 Å². The molecule has 9 nitrogen and oxygen atoms in total. The van der Waals surface area contributed by atoms with E-state index in [1.54, 1.807) is 48.8 Å². The predicted molar refractivity (Wildman–Crippen MR) is 154 cm³/mol. The van der Waals surface area contributed by atoms with Gasteiger partial charge in [-0.1, -0.05) is 24.3 Å². The highest BCUT2D eigenvalue weighted by atomic mass is 19.1. The maximum absolute atomic E-state index is 15.2. The number of imidazole rings is 2. The van der Waals surface area contributed by atoms with Crippen molar-refractivity contribution in [2.24, 2.45) is 0 Å². The Labute approximate surface area is 242 Å². The summed E-state index contributed by atoms with van der Waals surface area (Å²) < 4.78 is 29.8. The summed E-state index contributed by atoms with van der Waals surface area (Å²) in [4.78, 5) is 24.6. The average molecular weight is 563 g/mol. The SMILES string of the molecule is COc1cc(Cn2cncc2CC(=O)N2Cc3nc(-c4ccccc4OC)cn3Cc3c(F)cccc32)ccc1C#N. The van der Waals surface area contributed by atoms with Crippen LogP contribution in [0.1, 0.15) is 28.2 Å². The first-order valence-corrected chi connectivity index (χ1v) is 13.3. The number of carbonyl (C=O) groups is 1. The lowest BCUT2D eigenvalue weighted by molar-refractivity contribution is -0.118. The fourth-order valence-corrected chi connectivity index (χ4v) is 5.29. The Hall–Kier alpha value is -5.43. The van der Waals surface area contributed by atoms with Crippen molar-refractivity contribution >= 4 is 11.6 Å². The number of halogens is 1. The molecule has 0 N–H and O–H groups in total. The lowest BCUT2D eigenvalue weighted by Gasteiger charge is -2.23. The van der Waals surface area contributed by atoms with Gasteiger partial charge in [0, 0.05) is 35.8 Å². The quantitative estimate of drug-likeness (QED) is 0.278. The van der Waals surface area contributed by atoms with Gasteiger partial charge in [0.15, 0.2) is 0 Å². The third kappa shape index (κ3) is 4.97. The summed E-state index contributed by atoms with van der Waals surface area (Å²) in [6.45, 7) is 0.843. The van der Waals surface area contributed by atoms with E-state index in [0.717, 1.165) is 11.1 Å². The summed E-state index contributed by atoms with van der Waals surface area (Å²) in [6.07, 6.45) is 5.24. The van der Waals surface area contributed by atoms with Crippen molar-refractivity contribution in [3.8, 4) is 28.8 Å². The Balaban J connectivity index is 1.31. The van der Waals surface area contributed by atoms with Gasteiger partial charge >= 0.3 is 0 Å². The predicted octanol–water partition coefficient (Wildman–Crippen LogP) is 4.96. The molecule has 42 heavy (non-hydrogen) atoms. The maximum Gasteiger partial charge on any atom is 0.233 e. The van der Waals surface area contributed by atoms with Crippen LogP contribution in [0, 0.1) is 17.1 Å². The minimum Gasteiger partial charge on any atom is -0.496 e. The Kier molecular flexibility index (Phi) is 7.15. The molecule has 6 rings (SSSR count). The van der Waals surface area contributed by atoms with Crippen LogP contribution >= 0.6 is 0 Å². The van der Waals surface area contributed by atoms with E-state index in [9.17, 15) is 10.1 Å². The van der Waals surface area contributed by atoms with E-state index in [2.05, 4.69) is 11.1 Å². The molecule has 0 aliphatic carbocycles. The van der Waals surface area contributed by atoms with Crippen LogP contribution in [0.5, 0.6) is 11.5 Å². The number of carbonyl (C=O) groups excluding carboxylic acids is 1. The van der Waals surface area contributed by atoms with Gasteiger partial charge in [-0.3, -0.25) is 4.79 Å². The molecule has 0 atom stereocenters. The summed E-state index contributed by atoms with van der Waals surface area (Å²) in [7, 11) is 3.13. The molecule has 0 bridgehead atoms. The summed E-state index contributed by atoms with van der Waals surface area (Å²) in [5, 5.41) is 9.29. The van der Waals surface area contributed by atoms with Crippen molar-refractivity contribution in [1.82, 2.24) is 19.1 Å². The second-order valence-electron chi connectivity index (χ2n) is 9.92. The van der Waals surface area contributed by atoms with E-state index in [1.165, 1.54) is 13.2 Å². The van der Waals surface area contributed by atoms with Gasteiger partial charge in [0.25, 0.3) is 0 Å². The number of ether oxygens (including phenoxy) is 2. The Morgan fingerprint density at radius 1 is 1.05 bits per heavy atom. The van der Waals surface area contributed by atoms with E-state index in [0.29, 0.717) is 52.1 Å². The van der Waals surface area contributed by atoms with Crippen LogP contribution in [-0.4, -0.2) is 39.2 Å². The number of hydrogen-bond acceptors (Lipinski definition) is 6. The summed E-state index contributed by atoms with van der Waals surface area (Å²) in [5.41, 5.74) is 4.48. The van der Waals surface area contributed by atoms with Crippen LogP contribution < -0.4 is 14.4 Å². The highest BCUT2D eigenvalue weighted by Gasteiger charge is 2.28. The van der Waals surface area contributed by atoms with Crippen LogP contribution in [-0.2, 0) is 30.8 Å². The highest BCUT2D eigenvalue weighted by molar-refractivity contribution is 5.95. The fraction of sp³-hybridized carbons (Fsp3) is 0.188. The summed E-state index contributed by atoms with van der Waals surface area (Å²) in [6, 6.07) is 19.8. The zero-order chi connectivity index (χ0) is 29.2. The zero-order valence-corrected chi connectivity index (χ0v) is 23.1. The van der Waals surface area contributed by atoms with Crippen LogP contribution in [0.3, 0.4) is 0 Å². The number of methoxy groups -OCH3 is 2. The molecule has 3 heterocycles. The van der Waals surface area contributed by atoms with Gasteiger partial charge in [0.05, 0.1) is 57.0 Å². The van der Waals surface area contributed by atoms with Crippen molar-refractivity contribution in [3.05, 3.63) is 113 Å². The van der Waals surface area contributed by atoms with Gasteiger partial charge in [-0.15, -0.1) is 0 Å². The molecule has 1 aliphatic rings. The van der Waals surface area contributed by atoms with Gasteiger partial charge in [-0.25, -0.2) is 14.4 Å². The van der Waals surface area contributed by atoms with E-state index in [-0.39, 0.29) is 31.2 Å². The molecule has 0 saturated heterocycles. The minimum absolute atomic E-state index is 0.0451. The molecule has 1 amide bonds. The van der Waals surface area contributed by atoms with Gasteiger partial charge in [-0.05, 0) is 42.0 Å². The molecule has 3 aromatic carbocycles. The Morgan fingerprint density at radius 2 is 1.88 bits per heavy atom. The van der Waals surface area contributed by atoms with Crippen molar-refractivity contribution in [1.29, 1.82) is 5.26 Å². The van der Waals surface area contributed by atoms with Crippen LogP contribution in [0.25, 0.3) is 11.3 Å². The van der Waals surface area contributed by atoms with Gasteiger partial charge < -0.3 is 23.5 Å². The standard InChI is InChI=1S/C32H27FN6O3/c1-41-29-9-4-3-6-24(29)27-18-37-17-25-26(33)7-5-8-28(25)39(19-31(37)36-27)32(40)13-23-15-35-20-38(23)16-21-10-11-22(14-34)30(12-21)42-2/h3-12,15,18,20H,13,16-17,19H2,1-2H3. The molecule has 0 spiro atoms. The maximum atomic E-state index is 15.2. The Morgan fingerprint density at radius 3 is 2.69 bits per heavy atom. The number of para-hydroxylation sites is 1. The van der Waals surface area contributed by atoms with Crippen LogP contribution in [0.2, 0.25) is 0 Å². The van der Waals surface area contributed by atoms with Crippen LogP contribution in [0.4, 0.5) is 10.1 Å². The molecule has 5 aromatic rings. The third-order valence-electron chi connectivity index (χ3n) is 7.43. The number of hydrogen-bond donors (Lipinski definition) is 0. The first-order valence-electron chi connectivity index (χ1n) is 13.3. The summed E-state index contributed by atoms with van der Waals surface area (Å²) in [5.74, 6) is 1.21. The monoisotopic (exact) mass is 562 g/mol. The number of rotatable bonds is 7. The van der Waals surface area contributed by atoms with Crippen molar-refractivity contribution in [2.45, 2.75) is 26.1 Å². The van der Waals surface area contributed by atoms with E-state index in [4.69, 9.17) is 14.5 Å². The number of benzene rings is 3. The number of fused-ring (bicyclic) bond motifs is 2. The first kappa shape index (κ1) is 26.8. The number of anilines is 1. The fourth-order valence-electron chi connectivity index (χ4n) is 5.29. The molecule has 0 saturated carbocycles. The molecular formula is C32H27FN6O3. The molecule has 10 heteroatoms. The molecule has 0 fully saturated rings. The largest absolute Gasteiger partial charge is 0.496 e. The second-order valence-corrected chi connectivity index (χ2v) is 9.92. The average Bonchev–Trinajstić information content (AvgIpc) is 3.58. The van der Waals surface area contributed by atoms with Gasteiger partial charge in [0.1, 0.15) is 29.2 Å². The van der Waals surface area contributed by atoms with E-state index >= 15 is 4.39 Å². The normalized spacial score (nSPS) is 12.2. The first-order chi connectivity index (χ1) is 20.5. The molecule has 0 unspecified atom stereocenters. The molecule has 1 aliphatic heterocycles. The lowest BCUT2D eigenvalue weighted by atomic mass is 10.1. The Bertz CT molecular complexity index is 1840. The van der Waals surface area contributed by atoms with Crippen LogP contribution in [0.15, 0.2) is 79.4 Å². The molecule has 210 valence electrons. The smallest absolute Gasteiger partial charge is 0.233 e. The topological polar surface area (TPSA) is 98.2 Å². The summed E-state index contributed by atoms with van der Waals surface area (Å²) >= 11 is 0. The van der Waals surface area contributed by atoms with Gasteiger partial charge in [-0.2, -0.15) is 5.26 Å². The molecule has 0 radical (unpaired) electrons. The second kappa shape index (κ2) is 11.2. The minimum atomic E-state index is -0.384. The number of amides is 1. The van der Waals surface area contributed by atoms with Crippen molar-refractivity contribution in [3.63, 3.8) is 0 Å². The molecular weight excluding hydrogens is 535 g/mol. The third-order valence-corrected chi connectivity index (χ3v) is 7.43. The molecule has 2 aromatic heterocycles. The lowest BCUT2D eigenvalue weighted by Crippen LogP contribution is -2.33. The van der Waals surface area contributed by atoms with Crippen molar-refractivity contribution < 1.29 is 18.7 Å². The van der Waals surface area contributed by atoms with E-state index in [1.807, 2.05) is 45.7 Å². The zero-order valence-electron chi connectivity index (χ0n) is 23.1. The number of aromatic nitrogens is 4. The number of nitriles is 1. The van der Waals surface area contributed by atoms with Crippen molar-refractivity contribution in [2.75, 3.05) is 19.1 Å². The van der Waals surface area contributed by atoms with E-state index < -0.39 is 0 Å². The number of nitrogens with zero attached hydrogens (tertiary/aromatic N) is 6.